The third kappa shape index (κ3) is 5.65. The molecule has 1 N–H and O–H groups in total. The molecule has 0 bridgehead atoms. The van der Waals surface area contributed by atoms with Crippen LogP contribution in [-0.4, -0.2) is 35.3 Å². The molecule has 3 rings (SSSR count). The number of likely N-dealkylation sites (N-methyl/N-ethyl adjacent to an activating group) is 1. The Morgan fingerprint density at radius 3 is 2.59 bits per heavy atom. The van der Waals surface area contributed by atoms with Crippen molar-refractivity contribution in [1.82, 2.24) is 9.88 Å². The lowest BCUT2D eigenvalue weighted by atomic mass is 10.2. The number of aromatic nitrogens is 1. The monoisotopic (exact) mass is 453 g/mol. The number of pyridine rings is 1. The molecule has 7 heteroatoms. The van der Waals surface area contributed by atoms with Crippen LogP contribution in [0.2, 0.25) is 0 Å². The zero-order valence-electron chi connectivity index (χ0n) is 16.1. The number of nitrogens with zero attached hydrogens (tertiary/aromatic N) is 2. The summed E-state index contributed by atoms with van der Waals surface area (Å²) < 4.78 is 6.63. The molecule has 1 aromatic heterocycles. The van der Waals surface area contributed by atoms with Crippen LogP contribution in [0.1, 0.15) is 15.9 Å². The van der Waals surface area contributed by atoms with Crippen molar-refractivity contribution < 1.29 is 14.3 Å². The Kier molecular flexibility index (Phi) is 6.61. The maximum atomic E-state index is 12.9. The number of benzene rings is 2. The van der Waals surface area contributed by atoms with Gasteiger partial charge in [-0.05, 0) is 49.4 Å². The molecule has 2 aromatic carbocycles. The van der Waals surface area contributed by atoms with E-state index in [9.17, 15) is 9.59 Å². The molecule has 0 saturated carbocycles. The zero-order chi connectivity index (χ0) is 20.8. The molecule has 29 heavy (non-hydrogen) atoms. The molecule has 0 radical (unpaired) electrons. The number of hydrogen-bond donors (Lipinski definition) is 1. The minimum absolute atomic E-state index is 0.0993. The van der Waals surface area contributed by atoms with Crippen LogP contribution < -0.4 is 10.1 Å². The number of carbonyl (C=O) groups is 2. The standard InChI is InChI=1S/C22H20BrN3O3/c1-15-8-10-17(11-9-15)25-20(27)14-26(2)22(28)19-7-4-12-24-21(19)29-18-6-3-5-16(23)13-18/h3-13H,14H2,1-2H3,(H,25,27). The summed E-state index contributed by atoms with van der Waals surface area (Å²) in [5.41, 5.74) is 2.06. The smallest absolute Gasteiger partial charge is 0.259 e. The van der Waals surface area contributed by atoms with Gasteiger partial charge in [0.2, 0.25) is 11.8 Å². The van der Waals surface area contributed by atoms with Crippen molar-refractivity contribution in [1.29, 1.82) is 0 Å². The summed E-state index contributed by atoms with van der Waals surface area (Å²) in [6.45, 7) is 1.87. The topological polar surface area (TPSA) is 71.5 Å². The lowest BCUT2D eigenvalue weighted by Gasteiger charge is -2.18. The lowest BCUT2D eigenvalue weighted by molar-refractivity contribution is -0.116. The van der Waals surface area contributed by atoms with Gasteiger partial charge in [-0.15, -0.1) is 0 Å². The Labute approximate surface area is 177 Å². The number of amides is 2. The number of nitrogens with one attached hydrogen (secondary N) is 1. The van der Waals surface area contributed by atoms with Crippen LogP contribution in [0.4, 0.5) is 5.69 Å². The molecule has 148 valence electrons. The molecule has 0 spiro atoms. The van der Waals surface area contributed by atoms with Crippen molar-refractivity contribution in [3.63, 3.8) is 0 Å². The second-order valence-electron chi connectivity index (χ2n) is 6.49. The van der Waals surface area contributed by atoms with E-state index in [0.717, 1.165) is 10.0 Å². The highest BCUT2D eigenvalue weighted by Crippen LogP contribution is 2.26. The average molecular weight is 454 g/mol. The van der Waals surface area contributed by atoms with Crippen LogP contribution in [-0.2, 0) is 4.79 Å². The summed E-state index contributed by atoms with van der Waals surface area (Å²) in [4.78, 5) is 30.7. The zero-order valence-corrected chi connectivity index (χ0v) is 17.6. The molecule has 0 aliphatic carbocycles. The van der Waals surface area contributed by atoms with Crippen molar-refractivity contribution in [3.8, 4) is 11.6 Å². The van der Waals surface area contributed by atoms with Crippen molar-refractivity contribution in [2.75, 3.05) is 18.9 Å². The summed E-state index contributed by atoms with van der Waals surface area (Å²) in [7, 11) is 1.56. The predicted octanol–water partition coefficient (Wildman–Crippen LogP) is 4.66. The van der Waals surface area contributed by atoms with Gasteiger partial charge >= 0.3 is 0 Å². The van der Waals surface area contributed by atoms with Crippen molar-refractivity contribution >= 4 is 33.4 Å². The van der Waals surface area contributed by atoms with Crippen LogP contribution >= 0.6 is 15.9 Å². The Morgan fingerprint density at radius 2 is 1.86 bits per heavy atom. The largest absolute Gasteiger partial charge is 0.438 e. The van der Waals surface area contributed by atoms with E-state index in [1.807, 2.05) is 43.3 Å². The summed E-state index contributed by atoms with van der Waals surface area (Å²) in [5, 5.41) is 2.78. The Hall–Kier alpha value is -3.19. The summed E-state index contributed by atoms with van der Waals surface area (Å²) in [5.74, 6) is 0.0819. The molecule has 0 fully saturated rings. The van der Waals surface area contributed by atoms with Crippen molar-refractivity contribution in [2.45, 2.75) is 6.92 Å². The van der Waals surface area contributed by atoms with Crippen molar-refractivity contribution in [3.05, 3.63) is 82.5 Å². The molecule has 1 heterocycles. The lowest BCUT2D eigenvalue weighted by Crippen LogP contribution is -2.35. The Bertz CT molecular complexity index is 1020. The Morgan fingerprint density at radius 1 is 1.10 bits per heavy atom. The van der Waals surface area contributed by atoms with Gasteiger partial charge < -0.3 is 15.0 Å². The minimum Gasteiger partial charge on any atom is -0.438 e. The molecule has 0 saturated heterocycles. The van der Waals surface area contributed by atoms with Gasteiger partial charge in [0.25, 0.3) is 5.91 Å². The molecule has 0 unspecified atom stereocenters. The van der Waals surface area contributed by atoms with E-state index in [4.69, 9.17) is 4.74 Å². The van der Waals surface area contributed by atoms with Gasteiger partial charge in [0.15, 0.2) is 0 Å². The van der Waals surface area contributed by atoms with Crippen LogP contribution in [0.15, 0.2) is 71.3 Å². The van der Waals surface area contributed by atoms with E-state index in [0.29, 0.717) is 11.4 Å². The summed E-state index contributed by atoms with van der Waals surface area (Å²) >= 11 is 3.38. The molecule has 0 aliphatic heterocycles. The first-order valence-corrected chi connectivity index (χ1v) is 9.72. The maximum Gasteiger partial charge on any atom is 0.259 e. The van der Waals surface area contributed by atoms with Gasteiger partial charge in [-0.1, -0.05) is 39.7 Å². The first-order chi connectivity index (χ1) is 13.9. The summed E-state index contributed by atoms with van der Waals surface area (Å²) in [6, 6.07) is 18.0. The van der Waals surface area contributed by atoms with Crippen LogP contribution in [0.25, 0.3) is 0 Å². The molecular weight excluding hydrogens is 434 g/mol. The number of ether oxygens (including phenoxy) is 1. The van der Waals surface area contributed by atoms with Gasteiger partial charge in [0.1, 0.15) is 11.3 Å². The fourth-order valence-corrected chi connectivity index (χ4v) is 2.99. The van der Waals surface area contributed by atoms with Crippen LogP contribution in [0.5, 0.6) is 11.6 Å². The highest BCUT2D eigenvalue weighted by Gasteiger charge is 2.20. The van der Waals surface area contributed by atoms with E-state index in [1.54, 1.807) is 37.5 Å². The number of carbonyl (C=O) groups excluding carboxylic acids is 2. The fourth-order valence-electron chi connectivity index (χ4n) is 2.61. The number of rotatable bonds is 6. The normalized spacial score (nSPS) is 10.3. The van der Waals surface area contributed by atoms with E-state index in [2.05, 4.69) is 26.2 Å². The first kappa shape index (κ1) is 20.5. The van der Waals surface area contributed by atoms with E-state index < -0.39 is 0 Å². The first-order valence-electron chi connectivity index (χ1n) is 8.93. The van der Waals surface area contributed by atoms with Gasteiger partial charge in [-0.25, -0.2) is 4.98 Å². The number of halogens is 1. The molecule has 3 aromatic rings. The van der Waals surface area contributed by atoms with E-state index in [1.165, 1.54) is 4.90 Å². The predicted molar refractivity (Wildman–Crippen MR) is 115 cm³/mol. The maximum absolute atomic E-state index is 12.9. The molecular formula is C22H20BrN3O3. The van der Waals surface area contributed by atoms with Gasteiger partial charge in [-0.2, -0.15) is 0 Å². The number of aryl methyl sites for hydroxylation is 1. The van der Waals surface area contributed by atoms with Crippen LogP contribution in [0.3, 0.4) is 0 Å². The summed E-state index contributed by atoms with van der Waals surface area (Å²) in [6.07, 6.45) is 1.55. The molecule has 0 aliphatic rings. The second-order valence-corrected chi connectivity index (χ2v) is 7.41. The molecule has 2 amide bonds. The third-order valence-corrected chi connectivity index (χ3v) is 4.57. The Balaban J connectivity index is 1.69. The van der Waals surface area contributed by atoms with Gasteiger partial charge in [0, 0.05) is 23.4 Å². The SMILES string of the molecule is Cc1ccc(NC(=O)CN(C)C(=O)c2cccnc2Oc2cccc(Br)c2)cc1. The fraction of sp³-hybridized carbons (Fsp3) is 0.136. The minimum atomic E-state index is -0.359. The van der Waals surface area contributed by atoms with Gasteiger partial charge in [-0.3, -0.25) is 9.59 Å². The number of anilines is 1. The van der Waals surface area contributed by atoms with E-state index in [-0.39, 0.29) is 29.8 Å². The molecule has 0 atom stereocenters. The average Bonchev–Trinajstić information content (AvgIpc) is 2.69. The highest BCUT2D eigenvalue weighted by molar-refractivity contribution is 9.10. The molecule has 6 nitrogen and oxygen atoms in total. The third-order valence-electron chi connectivity index (χ3n) is 4.07. The van der Waals surface area contributed by atoms with Crippen molar-refractivity contribution in [2.24, 2.45) is 0 Å². The van der Waals surface area contributed by atoms with E-state index >= 15 is 0 Å². The highest BCUT2D eigenvalue weighted by atomic mass is 79.9. The van der Waals surface area contributed by atoms with Gasteiger partial charge in [0.05, 0.1) is 6.54 Å². The quantitative estimate of drug-likeness (QED) is 0.589. The van der Waals surface area contributed by atoms with Crippen LogP contribution in [0, 0.1) is 6.92 Å². The number of hydrogen-bond acceptors (Lipinski definition) is 4. The second kappa shape index (κ2) is 9.34.